The Morgan fingerprint density at radius 1 is 1.35 bits per heavy atom. The predicted molar refractivity (Wildman–Crippen MR) is 79.7 cm³/mol. The average molecular weight is 300 g/mol. The van der Waals surface area contributed by atoms with Gasteiger partial charge in [0, 0.05) is 25.3 Å². The van der Waals surface area contributed by atoms with Crippen LogP contribution < -0.4 is 10.5 Å². The molecule has 7 heteroatoms. The standard InChI is InChI=1S/C13H24N4O2S/c1-4-17(5-2)10-11(3)16-20(18,19)13-7-6-12(8-14)9-15-13/h6-7,9,11,16H,4-5,8,10,14H2,1-3H3. The Labute approximate surface area is 121 Å². The summed E-state index contributed by atoms with van der Waals surface area (Å²) in [7, 11) is -3.58. The molecule has 1 aromatic heterocycles. The van der Waals surface area contributed by atoms with Crippen LogP contribution in [0.25, 0.3) is 0 Å². The minimum absolute atomic E-state index is 0.0288. The van der Waals surface area contributed by atoms with Crippen LogP contribution in [0, 0.1) is 0 Å². The van der Waals surface area contributed by atoms with Crippen molar-refractivity contribution in [3.8, 4) is 0 Å². The molecule has 1 unspecified atom stereocenters. The van der Waals surface area contributed by atoms with Gasteiger partial charge in [-0.3, -0.25) is 0 Å². The van der Waals surface area contributed by atoms with Crippen molar-refractivity contribution in [3.05, 3.63) is 23.9 Å². The third kappa shape index (κ3) is 4.82. The third-order valence-electron chi connectivity index (χ3n) is 3.09. The highest BCUT2D eigenvalue weighted by Gasteiger charge is 2.19. The van der Waals surface area contributed by atoms with Crippen LogP contribution in [0.1, 0.15) is 26.3 Å². The number of rotatable bonds is 8. The number of pyridine rings is 1. The van der Waals surface area contributed by atoms with Crippen molar-refractivity contribution in [2.45, 2.75) is 38.4 Å². The van der Waals surface area contributed by atoms with Crippen LogP contribution in [0.3, 0.4) is 0 Å². The smallest absolute Gasteiger partial charge is 0.258 e. The highest BCUT2D eigenvalue weighted by molar-refractivity contribution is 7.89. The zero-order chi connectivity index (χ0) is 15.2. The minimum atomic E-state index is -3.58. The van der Waals surface area contributed by atoms with Crippen molar-refractivity contribution in [1.82, 2.24) is 14.6 Å². The van der Waals surface area contributed by atoms with Crippen LogP contribution in [-0.2, 0) is 16.6 Å². The number of sulfonamides is 1. The van der Waals surface area contributed by atoms with E-state index in [0.717, 1.165) is 18.7 Å². The maximum Gasteiger partial charge on any atom is 0.258 e. The summed E-state index contributed by atoms with van der Waals surface area (Å²) >= 11 is 0. The molecule has 0 fully saturated rings. The number of nitrogens with one attached hydrogen (secondary N) is 1. The molecule has 1 heterocycles. The molecule has 114 valence electrons. The molecule has 0 radical (unpaired) electrons. The molecule has 0 saturated heterocycles. The molecule has 0 aromatic carbocycles. The van der Waals surface area contributed by atoms with Gasteiger partial charge < -0.3 is 10.6 Å². The van der Waals surface area contributed by atoms with Crippen molar-refractivity contribution >= 4 is 10.0 Å². The molecule has 0 amide bonds. The first-order chi connectivity index (χ1) is 9.42. The fourth-order valence-corrected chi connectivity index (χ4v) is 3.09. The second kappa shape index (κ2) is 7.68. The minimum Gasteiger partial charge on any atom is -0.326 e. The van der Waals surface area contributed by atoms with Gasteiger partial charge in [0.1, 0.15) is 0 Å². The van der Waals surface area contributed by atoms with Gasteiger partial charge in [-0.1, -0.05) is 19.9 Å². The molecular formula is C13H24N4O2S. The van der Waals surface area contributed by atoms with Crippen LogP contribution in [0.15, 0.2) is 23.4 Å². The molecule has 1 rings (SSSR count). The zero-order valence-electron chi connectivity index (χ0n) is 12.3. The van der Waals surface area contributed by atoms with E-state index in [0.29, 0.717) is 13.1 Å². The van der Waals surface area contributed by atoms with E-state index in [1.54, 1.807) is 6.07 Å². The molecule has 0 bridgehead atoms. The van der Waals surface area contributed by atoms with E-state index < -0.39 is 10.0 Å². The van der Waals surface area contributed by atoms with Gasteiger partial charge in [-0.25, -0.2) is 18.1 Å². The maximum atomic E-state index is 12.2. The van der Waals surface area contributed by atoms with E-state index >= 15 is 0 Å². The van der Waals surface area contributed by atoms with Crippen LogP contribution in [-0.4, -0.2) is 44.0 Å². The Bertz CT molecular complexity index is 498. The van der Waals surface area contributed by atoms with Gasteiger partial charge in [0.25, 0.3) is 10.0 Å². The van der Waals surface area contributed by atoms with Gasteiger partial charge in [-0.15, -0.1) is 0 Å². The molecule has 0 aliphatic rings. The Kier molecular flexibility index (Phi) is 6.54. The lowest BCUT2D eigenvalue weighted by molar-refractivity contribution is 0.282. The van der Waals surface area contributed by atoms with E-state index in [2.05, 4.69) is 28.5 Å². The number of likely N-dealkylation sites (N-methyl/N-ethyl adjacent to an activating group) is 1. The van der Waals surface area contributed by atoms with Crippen LogP contribution in [0.2, 0.25) is 0 Å². The summed E-state index contributed by atoms with van der Waals surface area (Å²) in [5.74, 6) is 0. The van der Waals surface area contributed by atoms with Crippen LogP contribution in [0.5, 0.6) is 0 Å². The lowest BCUT2D eigenvalue weighted by Crippen LogP contribution is -2.42. The Morgan fingerprint density at radius 3 is 2.45 bits per heavy atom. The van der Waals surface area contributed by atoms with Crippen molar-refractivity contribution in [2.75, 3.05) is 19.6 Å². The zero-order valence-corrected chi connectivity index (χ0v) is 13.2. The summed E-state index contributed by atoms with van der Waals surface area (Å²) in [6.07, 6.45) is 1.49. The van der Waals surface area contributed by atoms with Gasteiger partial charge in [0.2, 0.25) is 0 Å². The topological polar surface area (TPSA) is 88.3 Å². The summed E-state index contributed by atoms with van der Waals surface area (Å²) in [6, 6.07) is 2.99. The number of hydrogen-bond acceptors (Lipinski definition) is 5. The van der Waals surface area contributed by atoms with Crippen molar-refractivity contribution in [3.63, 3.8) is 0 Å². The molecule has 20 heavy (non-hydrogen) atoms. The molecule has 0 saturated carbocycles. The fraction of sp³-hybridized carbons (Fsp3) is 0.615. The third-order valence-corrected chi connectivity index (χ3v) is 4.60. The van der Waals surface area contributed by atoms with Gasteiger partial charge >= 0.3 is 0 Å². The van der Waals surface area contributed by atoms with Gasteiger partial charge in [0.05, 0.1) is 0 Å². The van der Waals surface area contributed by atoms with Crippen LogP contribution in [0.4, 0.5) is 0 Å². The summed E-state index contributed by atoms with van der Waals surface area (Å²) < 4.78 is 27.0. The monoisotopic (exact) mass is 300 g/mol. The highest BCUT2D eigenvalue weighted by atomic mass is 32.2. The molecule has 6 nitrogen and oxygen atoms in total. The molecule has 1 aromatic rings. The SMILES string of the molecule is CCN(CC)CC(C)NS(=O)(=O)c1ccc(CN)cn1. The van der Waals surface area contributed by atoms with E-state index in [1.165, 1.54) is 12.3 Å². The first-order valence-electron chi connectivity index (χ1n) is 6.82. The second-order valence-corrected chi connectivity index (χ2v) is 6.38. The van der Waals surface area contributed by atoms with E-state index in [-0.39, 0.29) is 11.1 Å². The highest BCUT2D eigenvalue weighted by Crippen LogP contribution is 2.07. The van der Waals surface area contributed by atoms with Gasteiger partial charge in [-0.2, -0.15) is 0 Å². The Hall–Kier alpha value is -1.02. The summed E-state index contributed by atoms with van der Waals surface area (Å²) in [4.78, 5) is 6.11. The lowest BCUT2D eigenvalue weighted by Gasteiger charge is -2.23. The molecule has 0 aliphatic heterocycles. The van der Waals surface area contributed by atoms with E-state index in [1.807, 2.05) is 6.92 Å². The molecule has 1 atom stereocenters. The van der Waals surface area contributed by atoms with Crippen LogP contribution >= 0.6 is 0 Å². The second-order valence-electron chi connectivity index (χ2n) is 4.72. The normalized spacial score (nSPS) is 13.7. The summed E-state index contributed by atoms with van der Waals surface area (Å²) in [6.45, 7) is 8.77. The quantitative estimate of drug-likeness (QED) is 0.732. The Morgan fingerprint density at radius 2 is 2.00 bits per heavy atom. The molecule has 0 spiro atoms. The van der Waals surface area contributed by atoms with Gasteiger partial charge in [-0.05, 0) is 31.6 Å². The number of hydrogen-bond donors (Lipinski definition) is 2. The number of aromatic nitrogens is 1. The number of nitrogens with zero attached hydrogens (tertiary/aromatic N) is 2. The first kappa shape index (κ1) is 17.0. The predicted octanol–water partition coefficient (Wildman–Crippen LogP) is 0.549. The average Bonchev–Trinajstić information content (AvgIpc) is 2.44. The molecule has 3 N–H and O–H groups in total. The summed E-state index contributed by atoms with van der Waals surface area (Å²) in [5, 5.41) is 0.0288. The number of nitrogens with two attached hydrogens (primary N) is 1. The molecule has 0 aliphatic carbocycles. The van der Waals surface area contributed by atoms with Crippen molar-refractivity contribution in [2.24, 2.45) is 5.73 Å². The maximum absolute atomic E-state index is 12.2. The fourth-order valence-electron chi connectivity index (χ4n) is 1.92. The van der Waals surface area contributed by atoms with E-state index in [4.69, 9.17) is 5.73 Å². The van der Waals surface area contributed by atoms with Crippen molar-refractivity contribution < 1.29 is 8.42 Å². The Balaban J connectivity index is 2.73. The van der Waals surface area contributed by atoms with E-state index in [9.17, 15) is 8.42 Å². The summed E-state index contributed by atoms with van der Waals surface area (Å²) in [5.41, 5.74) is 6.27. The largest absolute Gasteiger partial charge is 0.326 e. The van der Waals surface area contributed by atoms with Crippen molar-refractivity contribution in [1.29, 1.82) is 0 Å². The lowest BCUT2D eigenvalue weighted by atomic mass is 10.3. The molecular weight excluding hydrogens is 276 g/mol. The van der Waals surface area contributed by atoms with Gasteiger partial charge in [0.15, 0.2) is 5.03 Å². The first-order valence-corrected chi connectivity index (χ1v) is 8.30.